The van der Waals surface area contributed by atoms with E-state index in [1.165, 1.54) is 6.92 Å². The summed E-state index contributed by atoms with van der Waals surface area (Å²) in [7, 11) is 0. The first kappa shape index (κ1) is 23.5. The maximum atomic E-state index is 13.0. The summed E-state index contributed by atoms with van der Waals surface area (Å²) in [5.74, 6) is -0.173. The summed E-state index contributed by atoms with van der Waals surface area (Å²) >= 11 is 0. The molecule has 0 radical (unpaired) electrons. The van der Waals surface area contributed by atoms with E-state index in [2.05, 4.69) is 31.8 Å². The highest BCUT2D eigenvalue weighted by Crippen LogP contribution is 2.70. The zero-order chi connectivity index (χ0) is 24.7. The number of allylic oxidation sites excluding steroid dienone is 2. The van der Waals surface area contributed by atoms with Gasteiger partial charge in [-0.3, -0.25) is 14.6 Å². The molecule has 0 N–H and O–H groups in total. The van der Waals surface area contributed by atoms with Crippen LogP contribution < -0.4 is 0 Å². The van der Waals surface area contributed by atoms with Gasteiger partial charge in [0.15, 0.2) is 5.78 Å². The quantitative estimate of drug-likeness (QED) is 0.560. The lowest BCUT2D eigenvalue weighted by Gasteiger charge is -2.67. The van der Waals surface area contributed by atoms with E-state index in [0.717, 1.165) is 24.8 Å². The van der Waals surface area contributed by atoms with Crippen LogP contribution in [0.5, 0.6) is 0 Å². The van der Waals surface area contributed by atoms with E-state index >= 15 is 0 Å². The Balaban J connectivity index is 1.67. The van der Waals surface area contributed by atoms with Gasteiger partial charge in [0.25, 0.3) is 0 Å². The first-order valence-electron chi connectivity index (χ1n) is 12.7. The molecule has 0 aromatic heterocycles. The van der Waals surface area contributed by atoms with Crippen molar-refractivity contribution in [2.24, 2.45) is 44.4 Å². The Morgan fingerprint density at radius 1 is 1.15 bits per heavy atom. The van der Waals surface area contributed by atoms with Crippen molar-refractivity contribution < 1.29 is 23.9 Å². The average Bonchev–Trinajstić information content (AvgIpc) is 3.28. The van der Waals surface area contributed by atoms with E-state index in [9.17, 15) is 14.4 Å². The Labute approximate surface area is 202 Å². The van der Waals surface area contributed by atoms with E-state index in [1.807, 2.05) is 20.1 Å². The Hall–Kier alpha value is -2.24. The van der Waals surface area contributed by atoms with Gasteiger partial charge in [0.1, 0.15) is 12.2 Å². The molecule has 5 rings (SSSR count). The largest absolute Gasteiger partial charge is 0.462 e. The summed E-state index contributed by atoms with van der Waals surface area (Å²) in [6.45, 7) is 12.8. The van der Waals surface area contributed by atoms with Gasteiger partial charge < -0.3 is 9.47 Å². The number of esters is 2. The van der Waals surface area contributed by atoms with E-state index in [0.29, 0.717) is 13.0 Å². The third-order valence-electron chi connectivity index (χ3n) is 10.3. The molecule has 2 heterocycles. The number of cyclic esters (lactones) is 1. The molecule has 2 fully saturated rings. The molecule has 0 saturated heterocycles. The number of carbonyl (C=O) groups is 3. The standard InChI is InChI=1S/C28H37NO5/c1-16(30)33-22-13-19-25(2,3)21(31)8-11-26(19,4)18-7-10-27(5)20(28(18,22)6)14-23(32)34-24(27)17-9-12-29-15-17/h8,11-12,14,17-19,22,24H,7,9-10,13,15H2,1-6H3/t17?,18?,19?,22-,24+,26-,27-,28-/m1/s1. The fraction of sp³-hybridized carbons (Fsp3) is 0.714. The fourth-order valence-corrected chi connectivity index (χ4v) is 8.66. The van der Waals surface area contributed by atoms with Crippen LogP contribution in [0, 0.1) is 39.4 Å². The van der Waals surface area contributed by atoms with Crippen LogP contribution in [-0.4, -0.2) is 42.7 Å². The molecule has 0 bridgehead atoms. The van der Waals surface area contributed by atoms with Crippen molar-refractivity contribution in [2.45, 2.75) is 79.4 Å². The van der Waals surface area contributed by atoms with Crippen molar-refractivity contribution in [3.63, 3.8) is 0 Å². The maximum absolute atomic E-state index is 13.0. The topological polar surface area (TPSA) is 82.0 Å². The van der Waals surface area contributed by atoms with Crippen molar-refractivity contribution in [1.82, 2.24) is 0 Å². The molecular weight excluding hydrogens is 430 g/mol. The van der Waals surface area contributed by atoms with Crippen LogP contribution in [0.15, 0.2) is 28.8 Å². The number of fused-ring (bicyclic) bond motifs is 5. The molecule has 0 aromatic carbocycles. The summed E-state index contributed by atoms with van der Waals surface area (Å²) in [6, 6.07) is 0. The highest BCUT2D eigenvalue weighted by atomic mass is 16.5. The van der Waals surface area contributed by atoms with Crippen LogP contribution in [0.2, 0.25) is 0 Å². The minimum atomic E-state index is -0.548. The molecule has 3 unspecified atom stereocenters. The normalized spacial score (nSPS) is 46.6. The van der Waals surface area contributed by atoms with Gasteiger partial charge in [-0.1, -0.05) is 40.7 Å². The number of hydrogen-bond acceptors (Lipinski definition) is 6. The van der Waals surface area contributed by atoms with Gasteiger partial charge in [-0.25, -0.2) is 4.79 Å². The second kappa shape index (κ2) is 7.38. The molecule has 6 nitrogen and oxygen atoms in total. The highest BCUT2D eigenvalue weighted by molar-refractivity contribution is 5.96. The van der Waals surface area contributed by atoms with Crippen LogP contribution >= 0.6 is 0 Å². The molecule has 2 saturated carbocycles. The second-order valence-electron chi connectivity index (χ2n) is 12.4. The van der Waals surface area contributed by atoms with Gasteiger partial charge in [0.2, 0.25) is 0 Å². The summed E-state index contributed by atoms with van der Waals surface area (Å²) in [5, 5.41) is 0. The van der Waals surface area contributed by atoms with E-state index < -0.39 is 16.9 Å². The lowest BCUT2D eigenvalue weighted by atomic mass is 9.38. The maximum Gasteiger partial charge on any atom is 0.331 e. The zero-order valence-corrected chi connectivity index (χ0v) is 21.2. The van der Waals surface area contributed by atoms with Crippen molar-refractivity contribution >= 4 is 23.9 Å². The molecule has 8 atom stereocenters. The van der Waals surface area contributed by atoms with Gasteiger partial charge in [0.05, 0.1) is 0 Å². The van der Waals surface area contributed by atoms with Gasteiger partial charge in [-0.15, -0.1) is 0 Å². The number of hydrogen-bond donors (Lipinski definition) is 0. The average molecular weight is 468 g/mol. The lowest BCUT2D eigenvalue weighted by molar-refractivity contribution is -0.197. The summed E-state index contributed by atoms with van der Waals surface area (Å²) in [6.07, 6.45) is 10.0. The number of aliphatic imine (C=N–C) groups is 1. The predicted molar refractivity (Wildman–Crippen MR) is 128 cm³/mol. The summed E-state index contributed by atoms with van der Waals surface area (Å²) in [5.41, 5.74) is -0.630. The third-order valence-corrected chi connectivity index (χ3v) is 10.3. The minimum absolute atomic E-state index is 0.0412. The molecule has 0 amide bonds. The van der Waals surface area contributed by atoms with Crippen LogP contribution in [0.25, 0.3) is 0 Å². The molecule has 0 aromatic rings. The minimum Gasteiger partial charge on any atom is -0.462 e. The number of nitrogens with zero attached hydrogens (tertiary/aromatic N) is 1. The highest BCUT2D eigenvalue weighted by Gasteiger charge is 2.69. The second-order valence-corrected chi connectivity index (χ2v) is 12.4. The first-order chi connectivity index (χ1) is 15.8. The van der Waals surface area contributed by atoms with Crippen molar-refractivity contribution in [1.29, 1.82) is 0 Å². The Morgan fingerprint density at radius 3 is 2.53 bits per heavy atom. The van der Waals surface area contributed by atoms with Crippen molar-refractivity contribution in [3.8, 4) is 0 Å². The van der Waals surface area contributed by atoms with Crippen molar-refractivity contribution in [2.75, 3.05) is 6.54 Å². The molecule has 34 heavy (non-hydrogen) atoms. The molecule has 6 heteroatoms. The van der Waals surface area contributed by atoms with Crippen LogP contribution in [-0.2, 0) is 23.9 Å². The number of ketones is 1. The molecule has 5 aliphatic rings. The third kappa shape index (κ3) is 2.99. The van der Waals surface area contributed by atoms with Crippen LogP contribution in [0.4, 0.5) is 0 Å². The van der Waals surface area contributed by atoms with E-state index in [-0.39, 0.29) is 52.4 Å². The van der Waals surface area contributed by atoms with Crippen molar-refractivity contribution in [3.05, 3.63) is 23.8 Å². The van der Waals surface area contributed by atoms with Gasteiger partial charge in [-0.05, 0) is 60.8 Å². The summed E-state index contributed by atoms with van der Waals surface area (Å²) in [4.78, 5) is 42.7. The SMILES string of the molecule is CC(=O)O[C@@H]1CC2C(C)(C)C(=O)C=C[C@]2(C)C2CC[C@]3(C)C(=CC(=O)O[C@H]3C3CC=NC3)[C@@]21C. The first-order valence-corrected chi connectivity index (χ1v) is 12.7. The number of rotatable bonds is 2. The van der Waals surface area contributed by atoms with E-state index in [1.54, 1.807) is 12.2 Å². The Bertz CT molecular complexity index is 1030. The zero-order valence-electron chi connectivity index (χ0n) is 21.2. The Kier molecular flexibility index (Phi) is 5.10. The predicted octanol–water partition coefficient (Wildman–Crippen LogP) is 4.47. The van der Waals surface area contributed by atoms with Crippen LogP contribution in [0.3, 0.4) is 0 Å². The monoisotopic (exact) mass is 467 g/mol. The van der Waals surface area contributed by atoms with Crippen LogP contribution in [0.1, 0.15) is 67.2 Å². The van der Waals surface area contributed by atoms with Gasteiger partial charge in [0, 0.05) is 41.7 Å². The van der Waals surface area contributed by atoms with E-state index in [4.69, 9.17) is 9.47 Å². The fourth-order valence-electron chi connectivity index (χ4n) is 8.66. The number of carbonyl (C=O) groups excluding carboxylic acids is 3. The molecule has 0 spiro atoms. The molecule has 2 aliphatic heterocycles. The lowest BCUT2D eigenvalue weighted by Crippen LogP contribution is -2.66. The molecule has 3 aliphatic carbocycles. The summed E-state index contributed by atoms with van der Waals surface area (Å²) < 4.78 is 12.1. The Morgan fingerprint density at radius 2 is 1.88 bits per heavy atom. The molecular formula is C28H37NO5. The molecule has 184 valence electrons. The smallest absolute Gasteiger partial charge is 0.331 e. The van der Waals surface area contributed by atoms with Gasteiger partial charge >= 0.3 is 11.9 Å². The number of ether oxygens (including phenoxy) is 2. The van der Waals surface area contributed by atoms with Gasteiger partial charge in [-0.2, -0.15) is 0 Å².